The number of esters is 1. The number of ether oxygens (including phenoxy) is 1. The number of aliphatic imine (C=N–C) groups is 1. The molecule has 1 aliphatic carbocycles. The summed E-state index contributed by atoms with van der Waals surface area (Å²) in [4.78, 5) is 41.4. The van der Waals surface area contributed by atoms with Crippen molar-refractivity contribution in [2.75, 3.05) is 12.3 Å². The second kappa shape index (κ2) is 11.4. The summed E-state index contributed by atoms with van der Waals surface area (Å²) in [6, 6.07) is 6.73. The molecule has 0 aromatic heterocycles. The highest BCUT2D eigenvalue weighted by Gasteiger charge is 2.24. The average Bonchev–Trinajstić information content (AvgIpc) is 3.26. The Morgan fingerprint density at radius 3 is 2.73 bits per heavy atom. The van der Waals surface area contributed by atoms with Crippen LogP contribution in [0.1, 0.15) is 54.9 Å². The van der Waals surface area contributed by atoms with Crippen molar-refractivity contribution in [1.29, 1.82) is 0 Å². The minimum absolute atomic E-state index is 0.0939. The van der Waals surface area contributed by atoms with Gasteiger partial charge in [0, 0.05) is 17.5 Å². The standard InChI is InChI=1S/C21H27N3O4S2/c1-14(18(25)24-20(27)23-16-8-3-2-4-9-16)28-19(26)17-10-6-5-7-15(17)13-30-21-22-11-12-29-21/h5-7,10,14,16H,2-4,8-9,11-13H2,1H3,(H2,23,24,25,27). The number of urea groups is 1. The van der Waals surface area contributed by atoms with Crippen LogP contribution in [0.5, 0.6) is 0 Å². The highest BCUT2D eigenvalue weighted by Crippen LogP contribution is 2.26. The molecule has 1 saturated carbocycles. The predicted octanol–water partition coefficient (Wildman–Crippen LogP) is 3.73. The van der Waals surface area contributed by atoms with Crippen LogP contribution in [0.25, 0.3) is 0 Å². The first-order chi connectivity index (χ1) is 14.5. The van der Waals surface area contributed by atoms with Gasteiger partial charge in [-0.3, -0.25) is 15.1 Å². The van der Waals surface area contributed by atoms with E-state index in [0.717, 1.165) is 47.9 Å². The molecule has 1 aromatic carbocycles. The molecule has 1 atom stereocenters. The van der Waals surface area contributed by atoms with Crippen molar-refractivity contribution in [3.63, 3.8) is 0 Å². The molecule has 1 unspecified atom stereocenters. The van der Waals surface area contributed by atoms with E-state index >= 15 is 0 Å². The zero-order chi connectivity index (χ0) is 21.3. The molecule has 0 bridgehead atoms. The van der Waals surface area contributed by atoms with E-state index in [-0.39, 0.29) is 6.04 Å². The van der Waals surface area contributed by atoms with Gasteiger partial charge in [-0.2, -0.15) is 0 Å². The van der Waals surface area contributed by atoms with E-state index in [1.165, 1.54) is 13.3 Å². The summed E-state index contributed by atoms with van der Waals surface area (Å²) in [5, 5.41) is 5.09. The lowest BCUT2D eigenvalue weighted by Gasteiger charge is -2.23. The van der Waals surface area contributed by atoms with E-state index in [4.69, 9.17) is 4.74 Å². The number of thioether (sulfide) groups is 2. The summed E-state index contributed by atoms with van der Waals surface area (Å²) in [7, 11) is 0. The third-order valence-electron chi connectivity index (χ3n) is 4.98. The quantitative estimate of drug-likeness (QED) is 0.643. The Balaban J connectivity index is 1.50. The minimum atomic E-state index is -1.08. The van der Waals surface area contributed by atoms with Crippen LogP contribution >= 0.6 is 23.5 Å². The van der Waals surface area contributed by atoms with Crippen molar-refractivity contribution >= 4 is 45.8 Å². The highest BCUT2D eigenvalue weighted by atomic mass is 32.2. The molecule has 3 rings (SSSR count). The number of carbonyl (C=O) groups excluding carboxylic acids is 3. The van der Waals surface area contributed by atoms with E-state index < -0.39 is 24.0 Å². The Morgan fingerprint density at radius 1 is 1.23 bits per heavy atom. The minimum Gasteiger partial charge on any atom is -0.449 e. The highest BCUT2D eigenvalue weighted by molar-refractivity contribution is 8.38. The smallest absolute Gasteiger partial charge is 0.339 e. The predicted molar refractivity (Wildman–Crippen MR) is 121 cm³/mol. The second-order valence-electron chi connectivity index (χ2n) is 7.29. The van der Waals surface area contributed by atoms with Crippen molar-refractivity contribution in [3.05, 3.63) is 35.4 Å². The van der Waals surface area contributed by atoms with Crippen LogP contribution in [-0.2, 0) is 15.3 Å². The molecule has 0 spiro atoms. The molecule has 7 nitrogen and oxygen atoms in total. The van der Waals surface area contributed by atoms with E-state index in [9.17, 15) is 14.4 Å². The molecule has 2 N–H and O–H groups in total. The van der Waals surface area contributed by atoms with Crippen molar-refractivity contribution < 1.29 is 19.1 Å². The van der Waals surface area contributed by atoms with E-state index in [2.05, 4.69) is 15.6 Å². The van der Waals surface area contributed by atoms with E-state index in [1.54, 1.807) is 35.7 Å². The molecule has 9 heteroatoms. The van der Waals surface area contributed by atoms with Gasteiger partial charge in [-0.1, -0.05) is 61.0 Å². The van der Waals surface area contributed by atoms with Gasteiger partial charge in [0.15, 0.2) is 6.10 Å². The summed E-state index contributed by atoms with van der Waals surface area (Å²) < 4.78 is 6.35. The molecular weight excluding hydrogens is 422 g/mol. The zero-order valence-corrected chi connectivity index (χ0v) is 18.7. The molecule has 1 aliphatic heterocycles. The average molecular weight is 450 g/mol. The third-order valence-corrected chi connectivity index (χ3v) is 7.28. The van der Waals surface area contributed by atoms with Gasteiger partial charge in [0.05, 0.1) is 12.1 Å². The molecule has 0 radical (unpaired) electrons. The Bertz CT molecular complexity index is 809. The van der Waals surface area contributed by atoms with Crippen LogP contribution in [0.2, 0.25) is 0 Å². The number of hydrogen-bond donors (Lipinski definition) is 2. The Morgan fingerprint density at radius 2 is 2.00 bits per heavy atom. The molecule has 3 amide bonds. The fourth-order valence-corrected chi connectivity index (χ4v) is 5.36. The number of imide groups is 1. The van der Waals surface area contributed by atoms with Gasteiger partial charge < -0.3 is 10.1 Å². The van der Waals surface area contributed by atoms with E-state index in [0.29, 0.717) is 11.3 Å². The summed E-state index contributed by atoms with van der Waals surface area (Å²) in [6.45, 7) is 2.29. The normalized spacial score (nSPS) is 17.7. The van der Waals surface area contributed by atoms with Crippen LogP contribution in [0, 0.1) is 0 Å². The summed E-state index contributed by atoms with van der Waals surface area (Å²) in [5.41, 5.74) is 1.24. The lowest BCUT2D eigenvalue weighted by molar-refractivity contribution is -0.127. The number of hydrogen-bond acceptors (Lipinski definition) is 7. The Labute approximate surface area is 185 Å². The maximum Gasteiger partial charge on any atom is 0.339 e. The van der Waals surface area contributed by atoms with Crippen LogP contribution in [0.4, 0.5) is 4.79 Å². The van der Waals surface area contributed by atoms with Gasteiger partial charge in [0.25, 0.3) is 5.91 Å². The molecule has 1 fully saturated rings. The molecule has 30 heavy (non-hydrogen) atoms. The number of amides is 3. The molecule has 162 valence electrons. The number of benzene rings is 1. The Hall–Kier alpha value is -2.00. The first-order valence-corrected chi connectivity index (χ1v) is 12.2. The van der Waals surface area contributed by atoms with Crippen LogP contribution in [-0.4, -0.2) is 46.7 Å². The number of nitrogens with one attached hydrogen (secondary N) is 2. The number of rotatable bonds is 6. The van der Waals surface area contributed by atoms with Crippen molar-refractivity contribution in [2.24, 2.45) is 4.99 Å². The van der Waals surface area contributed by atoms with Crippen molar-refractivity contribution in [1.82, 2.24) is 10.6 Å². The maximum absolute atomic E-state index is 12.6. The van der Waals surface area contributed by atoms with Crippen molar-refractivity contribution in [3.8, 4) is 0 Å². The van der Waals surface area contributed by atoms with Gasteiger partial charge in [-0.25, -0.2) is 9.59 Å². The topological polar surface area (TPSA) is 96.9 Å². The largest absolute Gasteiger partial charge is 0.449 e. The monoisotopic (exact) mass is 449 g/mol. The van der Waals surface area contributed by atoms with Crippen molar-refractivity contribution in [2.45, 2.75) is 56.9 Å². The zero-order valence-electron chi connectivity index (χ0n) is 17.0. The van der Waals surface area contributed by atoms with Crippen LogP contribution in [0.3, 0.4) is 0 Å². The molecule has 2 aliphatic rings. The second-order valence-corrected chi connectivity index (χ2v) is 9.59. The van der Waals surface area contributed by atoms with Gasteiger partial charge in [-0.05, 0) is 31.4 Å². The summed E-state index contributed by atoms with van der Waals surface area (Å²) >= 11 is 3.31. The fourth-order valence-electron chi connectivity index (χ4n) is 3.35. The Kier molecular flexibility index (Phi) is 8.62. The summed E-state index contributed by atoms with van der Waals surface area (Å²) in [5.74, 6) is 0.372. The lowest BCUT2D eigenvalue weighted by Crippen LogP contribution is -2.48. The molecule has 1 aromatic rings. The number of nitrogens with zero attached hydrogens (tertiary/aromatic N) is 1. The van der Waals surface area contributed by atoms with Gasteiger partial charge >= 0.3 is 12.0 Å². The van der Waals surface area contributed by atoms with Gasteiger partial charge in [0.2, 0.25) is 0 Å². The third kappa shape index (κ3) is 6.77. The first kappa shape index (κ1) is 22.7. The van der Waals surface area contributed by atoms with Gasteiger partial charge in [0.1, 0.15) is 4.38 Å². The summed E-state index contributed by atoms with van der Waals surface area (Å²) in [6.07, 6.45) is 4.11. The molecular formula is C21H27N3O4S2. The maximum atomic E-state index is 12.6. The molecule has 1 heterocycles. The van der Waals surface area contributed by atoms with Crippen LogP contribution < -0.4 is 10.6 Å². The number of carbonyl (C=O) groups is 3. The van der Waals surface area contributed by atoms with Gasteiger partial charge in [-0.15, -0.1) is 0 Å². The fraction of sp³-hybridized carbons (Fsp3) is 0.524. The first-order valence-electron chi connectivity index (χ1n) is 10.2. The lowest BCUT2D eigenvalue weighted by atomic mass is 9.96. The van der Waals surface area contributed by atoms with Crippen LogP contribution in [0.15, 0.2) is 29.3 Å². The molecule has 0 saturated heterocycles. The SMILES string of the molecule is CC(OC(=O)c1ccccc1CSC1=NCCS1)C(=O)NC(=O)NC1CCCCC1. The van der Waals surface area contributed by atoms with E-state index in [1.807, 2.05) is 12.1 Å².